The van der Waals surface area contributed by atoms with Gasteiger partial charge < -0.3 is 23.6 Å². The summed E-state index contributed by atoms with van der Waals surface area (Å²) in [7, 11) is 0. The molecule has 8 heteroatoms. The molecule has 0 saturated carbocycles. The first-order valence-electron chi connectivity index (χ1n) is 9.05. The molecule has 0 aliphatic heterocycles. The molecule has 1 aromatic carbocycles. The van der Waals surface area contributed by atoms with Gasteiger partial charge in [-0.05, 0) is 39.0 Å². The minimum absolute atomic E-state index is 0.0363. The van der Waals surface area contributed by atoms with Crippen LogP contribution in [0.3, 0.4) is 0 Å². The monoisotopic (exact) mass is 399 g/mol. The Hall–Kier alpha value is -3.55. The maximum atomic E-state index is 12.4. The Balaban J connectivity index is 1.75. The van der Waals surface area contributed by atoms with E-state index in [0.29, 0.717) is 22.2 Å². The first-order chi connectivity index (χ1) is 13.8. The number of phenolic OH excluding ortho intramolecular Hbond substituents is 1. The lowest BCUT2D eigenvalue weighted by Crippen LogP contribution is -2.16. The van der Waals surface area contributed by atoms with Crippen LogP contribution in [-0.2, 0) is 27.4 Å². The maximum absolute atomic E-state index is 12.4. The number of aryl methyl sites for hydroxylation is 1. The van der Waals surface area contributed by atoms with Gasteiger partial charge in [0.1, 0.15) is 24.5 Å². The van der Waals surface area contributed by atoms with Crippen LogP contribution in [0.5, 0.6) is 5.75 Å². The van der Waals surface area contributed by atoms with Gasteiger partial charge in [0, 0.05) is 34.5 Å². The molecule has 0 unspecified atom stereocenters. The maximum Gasteiger partial charge on any atom is 0.339 e. The third-order valence-corrected chi connectivity index (χ3v) is 4.56. The minimum atomic E-state index is -0.606. The molecular formula is C21H21NO7. The van der Waals surface area contributed by atoms with E-state index >= 15 is 0 Å². The molecule has 0 amide bonds. The second kappa shape index (κ2) is 8.22. The Kier molecular flexibility index (Phi) is 5.72. The summed E-state index contributed by atoms with van der Waals surface area (Å²) < 4.78 is 17.1. The highest BCUT2D eigenvalue weighted by molar-refractivity contribution is 5.91. The lowest BCUT2D eigenvalue weighted by atomic mass is 10.1. The molecule has 0 bridgehead atoms. The number of ether oxygens (including phenoxy) is 2. The van der Waals surface area contributed by atoms with Crippen LogP contribution in [-0.4, -0.2) is 28.2 Å². The number of fused-ring (bicyclic) bond motifs is 1. The summed E-state index contributed by atoms with van der Waals surface area (Å²) in [6.45, 7) is 5.29. The molecule has 29 heavy (non-hydrogen) atoms. The number of benzene rings is 1. The topological polar surface area (TPSA) is 108 Å². The third kappa shape index (κ3) is 4.31. The summed E-state index contributed by atoms with van der Waals surface area (Å²) in [6, 6.07) is 7.28. The molecule has 2 aromatic heterocycles. The number of carbonyl (C=O) groups excluding carboxylic acids is 2. The number of nitrogens with zero attached hydrogens (tertiary/aromatic N) is 1. The van der Waals surface area contributed by atoms with Crippen LogP contribution in [0.1, 0.15) is 34.2 Å². The average molecular weight is 399 g/mol. The number of hydrogen-bond donors (Lipinski definition) is 1. The second-order valence-corrected chi connectivity index (χ2v) is 6.52. The molecule has 0 aliphatic carbocycles. The predicted octanol–water partition coefficient (Wildman–Crippen LogP) is 2.84. The molecule has 1 N–H and O–H groups in total. The number of aromatic nitrogens is 1. The van der Waals surface area contributed by atoms with Crippen LogP contribution < -0.4 is 5.63 Å². The zero-order valence-corrected chi connectivity index (χ0v) is 16.4. The smallest absolute Gasteiger partial charge is 0.339 e. The molecule has 8 nitrogen and oxygen atoms in total. The highest BCUT2D eigenvalue weighted by Crippen LogP contribution is 2.22. The van der Waals surface area contributed by atoms with Crippen molar-refractivity contribution in [3.8, 4) is 5.75 Å². The van der Waals surface area contributed by atoms with Crippen LogP contribution in [0.25, 0.3) is 11.0 Å². The molecule has 152 valence electrons. The Bertz CT molecular complexity index is 1140. The van der Waals surface area contributed by atoms with Gasteiger partial charge in [-0.3, -0.25) is 4.79 Å². The Morgan fingerprint density at radius 1 is 1.14 bits per heavy atom. The minimum Gasteiger partial charge on any atom is -0.508 e. The van der Waals surface area contributed by atoms with Crippen molar-refractivity contribution in [1.29, 1.82) is 0 Å². The van der Waals surface area contributed by atoms with Gasteiger partial charge in [0.05, 0.1) is 12.2 Å². The van der Waals surface area contributed by atoms with E-state index in [-0.39, 0.29) is 31.1 Å². The average Bonchev–Trinajstić information content (AvgIpc) is 2.94. The largest absolute Gasteiger partial charge is 0.508 e. The van der Waals surface area contributed by atoms with Gasteiger partial charge in [-0.2, -0.15) is 0 Å². The third-order valence-electron chi connectivity index (χ3n) is 4.56. The molecule has 0 radical (unpaired) electrons. The molecule has 3 rings (SSSR count). The number of hydrogen-bond acceptors (Lipinski definition) is 7. The van der Waals surface area contributed by atoms with Gasteiger partial charge in [0.15, 0.2) is 0 Å². The van der Waals surface area contributed by atoms with Gasteiger partial charge >= 0.3 is 17.6 Å². The van der Waals surface area contributed by atoms with Crippen molar-refractivity contribution in [1.82, 2.24) is 4.57 Å². The van der Waals surface area contributed by atoms with E-state index in [1.54, 1.807) is 37.5 Å². The number of esters is 2. The fourth-order valence-corrected chi connectivity index (χ4v) is 3.13. The molecule has 2 heterocycles. The van der Waals surface area contributed by atoms with E-state index in [1.807, 2.05) is 0 Å². The summed E-state index contributed by atoms with van der Waals surface area (Å²) in [6.07, 6.45) is 0. The molecule has 0 spiro atoms. The molecule has 0 fully saturated rings. The fraction of sp³-hybridized carbons (Fsp3) is 0.286. The number of phenols is 1. The quantitative estimate of drug-likeness (QED) is 0.501. The van der Waals surface area contributed by atoms with Crippen molar-refractivity contribution < 1.29 is 28.6 Å². The van der Waals surface area contributed by atoms with Gasteiger partial charge in [-0.25, -0.2) is 9.59 Å². The summed E-state index contributed by atoms with van der Waals surface area (Å²) in [5.74, 6) is -1.00. The van der Waals surface area contributed by atoms with Crippen LogP contribution in [0.15, 0.2) is 39.5 Å². The van der Waals surface area contributed by atoms with Crippen molar-refractivity contribution in [3.63, 3.8) is 0 Å². The SMILES string of the molecule is CCOC(=O)c1cc(C)n(CC(=O)OCc2cc(=O)oc3cc(O)ccc23)c1C. The molecule has 0 saturated heterocycles. The van der Waals surface area contributed by atoms with E-state index in [1.165, 1.54) is 18.2 Å². The van der Waals surface area contributed by atoms with Crippen LogP contribution >= 0.6 is 0 Å². The summed E-state index contributed by atoms with van der Waals surface area (Å²) in [4.78, 5) is 36.1. The van der Waals surface area contributed by atoms with E-state index in [0.717, 1.165) is 5.69 Å². The molecule has 3 aromatic rings. The van der Waals surface area contributed by atoms with Crippen molar-refractivity contribution in [2.24, 2.45) is 0 Å². The standard InChI is InChI=1S/C21H21NO7/c1-4-27-21(26)17-7-12(2)22(13(17)3)10-20(25)28-11-14-8-19(24)29-18-9-15(23)5-6-16(14)18/h5-9,23H,4,10-11H2,1-3H3. The van der Waals surface area contributed by atoms with Gasteiger partial charge in [-0.15, -0.1) is 0 Å². The van der Waals surface area contributed by atoms with E-state index in [9.17, 15) is 19.5 Å². The van der Waals surface area contributed by atoms with Gasteiger partial charge in [0.2, 0.25) is 0 Å². The van der Waals surface area contributed by atoms with E-state index < -0.39 is 17.6 Å². The Labute approximate surface area is 166 Å². The van der Waals surface area contributed by atoms with E-state index in [2.05, 4.69) is 0 Å². The van der Waals surface area contributed by atoms with Crippen molar-refractivity contribution in [3.05, 3.63) is 63.3 Å². The lowest BCUT2D eigenvalue weighted by molar-refractivity contribution is -0.145. The normalized spacial score (nSPS) is 10.9. The highest BCUT2D eigenvalue weighted by atomic mass is 16.5. The van der Waals surface area contributed by atoms with Crippen molar-refractivity contribution >= 4 is 22.9 Å². The highest BCUT2D eigenvalue weighted by Gasteiger charge is 2.19. The molecule has 0 atom stereocenters. The summed E-state index contributed by atoms with van der Waals surface area (Å²) >= 11 is 0. The van der Waals surface area contributed by atoms with Crippen molar-refractivity contribution in [2.45, 2.75) is 33.9 Å². The summed E-state index contributed by atoms with van der Waals surface area (Å²) in [5.41, 5.74) is 1.81. The lowest BCUT2D eigenvalue weighted by Gasteiger charge is -2.11. The van der Waals surface area contributed by atoms with Crippen LogP contribution in [0.2, 0.25) is 0 Å². The molecular weight excluding hydrogens is 378 g/mol. The zero-order chi connectivity index (χ0) is 21.1. The number of aromatic hydroxyl groups is 1. The summed E-state index contributed by atoms with van der Waals surface area (Å²) in [5, 5.41) is 10.1. The van der Waals surface area contributed by atoms with Crippen LogP contribution in [0.4, 0.5) is 0 Å². The van der Waals surface area contributed by atoms with E-state index in [4.69, 9.17) is 13.9 Å². The first kappa shape index (κ1) is 20.2. The number of carbonyl (C=O) groups is 2. The molecule has 0 aliphatic rings. The second-order valence-electron chi connectivity index (χ2n) is 6.52. The van der Waals surface area contributed by atoms with Crippen molar-refractivity contribution in [2.75, 3.05) is 6.61 Å². The Morgan fingerprint density at radius 3 is 2.62 bits per heavy atom. The van der Waals surface area contributed by atoms with Crippen LogP contribution in [0, 0.1) is 13.8 Å². The fourth-order valence-electron chi connectivity index (χ4n) is 3.13. The first-order valence-corrected chi connectivity index (χ1v) is 9.05. The number of rotatable bonds is 6. The van der Waals surface area contributed by atoms with Gasteiger partial charge in [0.25, 0.3) is 0 Å². The Morgan fingerprint density at radius 2 is 1.90 bits per heavy atom. The van der Waals surface area contributed by atoms with Gasteiger partial charge in [-0.1, -0.05) is 0 Å². The predicted molar refractivity (Wildman–Crippen MR) is 104 cm³/mol. The zero-order valence-electron chi connectivity index (χ0n) is 16.4.